The van der Waals surface area contributed by atoms with Crippen molar-refractivity contribution in [3.05, 3.63) is 11.3 Å². The maximum atomic E-state index is 10.9. The molecular weight excluding hydrogens is 176 g/mol. The third-order valence-corrected chi connectivity index (χ3v) is 3.02. The van der Waals surface area contributed by atoms with Crippen molar-refractivity contribution < 1.29 is 9.53 Å². The molecule has 1 aliphatic rings. The molecule has 0 fully saturated rings. The Bertz CT molecular complexity index is 251. The number of ether oxygens (including phenoxy) is 1. The van der Waals surface area contributed by atoms with E-state index in [1.54, 1.807) is 0 Å². The van der Waals surface area contributed by atoms with Crippen LogP contribution in [0.1, 0.15) is 47.0 Å². The molecule has 0 unspecified atom stereocenters. The smallest absolute Gasteiger partial charge is 0.307 e. The lowest BCUT2D eigenvalue weighted by atomic mass is 9.82. The van der Waals surface area contributed by atoms with E-state index in [0.29, 0.717) is 11.8 Å². The quantitative estimate of drug-likeness (QED) is 0.633. The van der Waals surface area contributed by atoms with Crippen molar-refractivity contribution in [2.24, 2.45) is 11.8 Å². The Labute approximate surface area is 86.3 Å². The van der Waals surface area contributed by atoms with E-state index < -0.39 is 0 Å². The molecule has 0 saturated carbocycles. The number of carbonyl (C=O) groups excluding carboxylic acids is 1. The van der Waals surface area contributed by atoms with Gasteiger partial charge in [-0.25, -0.2) is 0 Å². The topological polar surface area (TPSA) is 26.3 Å². The monoisotopic (exact) mass is 196 g/mol. The first-order chi connectivity index (χ1) is 6.50. The molecule has 0 aromatic carbocycles. The van der Waals surface area contributed by atoms with Gasteiger partial charge in [0.1, 0.15) is 5.76 Å². The summed E-state index contributed by atoms with van der Waals surface area (Å²) >= 11 is 0. The van der Waals surface area contributed by atoms with Gasteiger partial charge >= 0.3 is 5.97 Å². The first-order valence-electron chi connectivity index (χ1n) is 5.37. The van der Waals surface area contributed by atoms with Crippen LogP contribution in [0.3, 0.4) is 0 Å². The standard InChI is InChI=1S/C12H20O2/c1-8(2)11-6-5-9(3)12(7-11)14-10(4)13/h8,11H,5-7H2,1-4H3/t11-/m1/s1. The second-order valence-corrected chi connectivity index (χ2v) is 4.54. The predicted molar refractivity (Wildman–Crippen MR) is 56.6 cm³/mol. The van der Waals surface area contributed by atoms with Crippen LogP contribution in [0.15, 0.2) is 11.3 Å². The number of carbonyl (C=O) groups is 1. The summed E-state index contributed by atoms with van der Waals surface area (Å²) in [5.41, 5.74) is 1.25. The molecule has 2 nitrogen and oxygen atoms in total. The van der Waals surface area contributed by atoms with Crippen LogP contribution in [0.4, 0.5) is 0 Å². The number of esters is 1. The highest BCUT2D eigenvalue weighted by Gasteiger charge is 2.23. The van der Waals surface area contributed by atoms with Gasteiger partial charge in [-0.3, -0.25) is 4.79 Å². The van der Waals surface area contributed by atoms with Crippen LogP contribution < -0.4 is 0 Å². The lowest BCUT2D eigenvalue weighted by molar-refractivity contribution is -0.137. The van der Waals surface area contributed by atoms with Crippen molar-refractivity contribution in [3.8, 4) is 0 Å². The number of hydrogen-bond donors (Lipinski definition) is 0. The van der Waals surface area contributed by atoms with Crippen molar-refractivity contribution in [2.75, 3.05) is 0 Å². The Hall–Kier alpha value is -0.790. The minimum absolute atomic E-state index is 0.191. The number of hydrogen-bond acceptors (Lipinski definition) is 2. The van der Waals surface area contributed by atoms with Gasteiger partial charge in [-0.05, 0) is 37.2 Å². The van der Waals surface area contributed by atoms with Crippen molar-refractivity contribution in [3.63, 3.8) is 0 Å². The summed E-state index contributed by atoms with van der Waals surface area (Å²) < 4.78 is 5.22. The minimum Gasteiger partial charge on any atom is -0.431 e. The van der Waals surface area contributed by atoms with Gasteiger partial charge < -0.3 is 4.74 Å². The Morgan fingerprint density at radius 2 is 2.14 bits per heavy atom. The Morgan fingerprint density at radius 3 is 2.64 bits per heavy atom. The van der Waals surface area contributed by atoms with Crippen molar-refractivity contribution in [1.82, 2.24) is 0 Å². The average molecular weight is 196 g/mol. The van der Waals surface area contributed by atoms with Crippen LogP contribution in [-0.2, 0) is 9.53 Å². The third-order valence-electron chi connectivity index (χ3n) is 3.02. The molecule has 0 bridgehead atoms. The average Bonchev–Trinajstić information content (AvgIpc) is 2.07. The van der Waals surface area contributed by atoms with Crippen molar-refractivity contribution in [2.45, 2.75) is 47.0 Å². The van der Waals surface area contributed by atoms with E-state index in [1.807, 2.05) is 0 Å². The van der Waals surface area contributed by atoms with E-state index >= 15 is 0 Å². The molecular formula is C12H20O2. The van der Waals surface area contributed by atoms with E-state index in [4.69, 9.17) is 4.74 Å². The molecule has 0 spiro atoms. The summed E-state index contributed by atoms with van der Waals surface area (Å²) in [5, 5.41) is 0. The zero-order valence-electron chi connectivity index (χ0n) is 9.59. The van der Waals surface area contributed by atoms with Gasteiger partial charge in [0.05, 0.1) is 0 Å². The molecule has 0 aromatic heterocycles. The lowest BCUT2D eigenvalue weighted by Crippen LogP contribution is -2.17. The fourth-order valence-electron chi connectivity index (χ4n) is 1.93. The van der Waals surface area contributed by atoms with Gasteiger partial charge in [-0.2, -0.15) is 0 Å². The zero-order chi connectivity index (χ0) is 10.7. The fourth-order valence-corrected chi connectivity index (χ4v) is 1.93. The summed E-state index contributed by atoms with van der Waals surface area (Å²) in [7, 11) is 0. The highest BCUT2D eigenvalue weighted by atomic mass is 16.5. The van der Waals surface area contributed by atoms with Gasteiger partial charge in [-0.15, -0.1) is 0 Å². The molecule has 0 saturated heterocycles. The van der Waals surface area contributed by atoms with Gasteiger partial charge in [0.15, 0.2) is 0 Å². The normalized spacial score (nSPS) is 22.8. The molecule has 0 aliphatic heterocycles. The van der Waals surface area contributed by atoms with E-state index in [-0.39, 0.29) is 5.97 Å². The molecule has 0 amide bonds. The third kappa shape index (κ3) is 2.86. The van der Waals surface area contributed by atoms with Gasteiger partial charge in [0, 0.05) is 13.3 Å². The largest absolute Gasteiger partial charge is 0.431 e. The lowest BCUT2D eigenvalue weighted by Gasteiger charge is -2.27. The van der Waals surface area contributed by atoms with Crippen LogP contribution in [-0.4, -0.2) is 5.97 Å². The molecule has 2 heteroatoms. The van der Waals surface area contributed by atoms with Gasteiger partial charge in [0.2, 0.25) is 0 Å². The van der Waals surface area contributed by atoms with E-state index in [2.05, 4.69) is 20.8 Å². The molecule has 1 aliphatic carbocycles. The van der Waals surface area contributed by atoms with Crippen LogP contribution in [0.5, 0.6) is 0 Å². The molecule has 0 aromatic rings. The molecule has 0 radical (unpaired) electrons. The van der Waals surface area contributed by atoms with Crippen LogP contribution in [0, 0.1) is 11.8 Å². The molecule has 1 rings (SSSR count). The molecule has 1 atom stereocenters. The maximum Gasteiger partial charge on any atom is 0.307 e. The summed E-state index contributed by atoms with van der Waals surface area (Å²) in [4.78, 5) is 10.9. The second-order valence-electron chi connectivity index (χ2n) is 4.54. The Balaban J connectivity index is 2.66. The highest BCUT2D eigenvalue weighted by molar-refractivity contribution is 5.67. The molecule has 14 heavy (non-hydrogen) atoms. The number of allylic oxidation sites excluding steroid dienone is 2. The van der Waals surface area contributed by atoms with Crippen LogP contribution in [0.2, 0.25) is 0 Å². The molecule has 0 N–H and O–H groups in total. The SMILES string of the molecule is CC(=O)OC1=C(C)CC[C@@H](C(C)C)C1. The first kappa shape index (κ1) is 11.3. The highest BCUT2D eigenvalue weighted by Crippen LogP contribution is 2.34. The van der Waals surface area contributed by atoms with E-state index in [0.717, 1.165) is 18.6 Å². The molecule has 0 heterocycles. The van der Waals surface area contributed by atoms with Crippen molar-refractivity contribution in [1.29, 1.82) is 0 Å². The summed E-state index contributed by atoms with van der Waals surface area (Å²) in [6.45, 7) is 8.00. The Kier molecular flexibility index (Phi) is 3.73. The number of rotatable bonds is 2. The second kappa shape index (κ2) is 4.63. The van der Waals surface area contributed by atoms with Gasteiger partial charge in [-0.1, -0.05) is 13.8 Å². The predicted octanol–water partition coefficient (Wildman–Crippen LogP) is 3.28. The minimum atomic E-state index is -0.191. The molecule has 80 valence electrons. The summed E-state index contributed by atoms with van der Waals surface area (Å²) in [6, 6.07) is 0. The summed E-state index contributed by atoms with van der Waals surface area (Å²) in [5.74, 6) is 2.08. The van der Waals surface area contributed by atoms with Crippen LogP contribution in [0.25, 0.3) is 0 Å². The van der Waals surface area contributed by atoms with Crippen molar-refractivity contribution >= 4 is 5.97 Å². The van der Waals surface area contributed by atoms with E-state index in [9.17, 15) is 4.79 Å². The van der Waals surface area contributed by atoms with E-state index in [1.165, 1.54) is 18.9 Å². The fraction of sp³-hybridized carbons (Fsp3) is 0.750. The first-order valence-corrected chi connectivity index (χ1v) is 5.37. The maximum absolute atomic E-state index is 10.9. The Morgan fingerprint density at radius 1 is 1.50 bits per heavy atom. The summed E-state index contributed by atoms with van der Waals surface area (Å²) in [6.07, 6.45) is 3.24. The van der Waals surface area contributed by atoms with Gasteiger partial charge in [0.25, 0.3) is 0 Å². The zero-order valence-corrected chi connectivity index (χ0v) is 9.59. The van der Waals surface area contributed by atoms with Crippen LogP contribution >= 0.6 is 0 Å².